The Bertz CT molecular complexity index is 993. The number of benzene rings is 2. The Balaban J connectivity index is 1.66. The molecule has 2 aromatic carbocycles. The number of carbonyl (C=O) groups excluding carboxylic acids is 1. The number of nitriles is 1. The van der Waals surface area contributed by atoms with Crippen molar-refractivity contribution in [2.24, 2.45) is 0 Å². The molecule has 0 bridgehead atoms. The van der Waals surface area contributed by atoms with E-state index >= 15 is 0 Å². The number of amides is 1. The van der Waals surface area contributed by atoms with Crippen molar-refractivity contribution in [2.45, 2.75) is 12.1 Å². The van der Waals surface area contributed by atoms with Crippen LogP contribution in [0.25, 0.3) is 5.69 Å². The summed E-state index contributed by atoms with van der Waals surface area (Å²) < 4.78 is 1.96. The molecule has 1 N–H and O–H groups in total. The Morgan fingerprint density at radius 2 is 2.15 bits per heavy atom. The van der Waals surface area contributed by atoms with Gasteiger partial charge in [-0.15, -0.1) is 0 Å². The first-order valence-corrected chi connectivity index (χ1v) is 9.16. The van der Waals surface area contributed by atoms with Crippen LogP contribution in [0, 0.1) is 18.3 Å². The summed E-state index contributed by atoms with van der Waals surface area (Å²) in [6.07, 6.45) is 3.59. The fraction of sp³-hybridized carbons (Fsp3) is 0.105. The molecule has 7 heteroatoms. The maximum Gasteiger partial charge on any atom is 0.234 e. The van der Waals surface area contributed by atoms with E-state index in [9.17, 15) is 4.79 Å². The Kier molecular flexibility index (Phi) is 5.61. The molecule has 0 aliphatic heterocycles. The van der Waals surface area contributed by atoms with E-state index < -0.39 is 0 Å². The fourth-order valence-corrected chi connectivity index (χ4v) is 3.41. The van der Waals surface area contributed by atoms with Gasteiger partial charge in [0.1, 0.15) is 6.07 Å². The second kappa shape index (κ2) is 8.09. The van der Waals surface area contributed by atoms with Crippen LogP contribution < -0.4 is 5.32 Å². The molecule has 0 atom stereocenters. The number of hydrogen-bond acceptors (Lipinski definition) is 4. The van der Waals surface area contributed by atoms with Gasteiger partial charge >= 0.3 is 0 Å². The van der Waals surface area contributed by atoms with Gasteiger partial charge in [-0.05, 0) is 36.8 Å². The van der Waals surface area contributed by atoms with Gasteiger partial charge in [0.25, 0.3) is 0 Å². The van der Waals surface area contributed by atoms with Crippen molar-refractivity contribution in [3.8, 4) is 11.8 Å². The molecule has 5 nitrogen and oxygen atoms in total. The molecule has 1 heterocycles. The molecule has 3 rings (SSSR count). The van der Waals surface area contributed by atoms with Gasteiger partial charge in [0.15, 0.2) is 5.16 Å². The highest BCUT2D eigenvalue weighted by atomic mass is 35.5. The average molecular weight is 383 g/mol. The molecule has 130 valence electrons. The van der Waals surface area contributed by atoms with Gasteiger partial charge in [0.05, 0.1) is 22.0 Å². The topological polar surface area (TPSA) is 70.7 Å². The first-order valence-electron chi connectivity index (χ1n) is 7.80. The molecule has 0 saturated heterocycles. The van der Waals surface area contributed by atoms with Gasteiger partial charge in [0.2, 0.25) is 5.91 Å². The minimum Gasteiger partial charge on any atom is -0.325 e. The number of halogens is 1. The fourth-order valence-electron chi connectivity index (χ4n) is 2.42. The highest BCUT2D eigenvalue weighted by molar-refractivity contribution is 7.99. The monoisotopic (exact) mass is 382 g/mol. The second-order valence-electron chi connectivity index (χ2n) is 5.51. The summed E-state index contributed by atoms with van der Waals surface area (Å²) in [5, 5.41) is 12.7. The molecule has 0 aliphatic rings. The molecule has 0 radical (unpaired) electrons. The number of imidazole rings is 1. The number of aryl methyl sites for hydroxylation is 1. The number of anilines is 1. The molecule has 1 amide bonds. The van der Waals surface area contributed by atoms with Crippen LogP contribution in [-0.2, 0) is 4.79 Å². The van der Waals surface area contributed by atoms with Gasteiger partial charge in [-0.1, -0.05) is 41.6 Å². The van der Waals surface area contributed by atoms with Crippen LogP contribution >= 0.6 is 23.4 Å². The third kappa shape index (κ3) is 4.07. The van der Waals surface area contributed by atoms with Crippen LogP contribution in [-0.4, -0.2) is 21.2 Å². The molecule has 1 aromatic heterocycles. The number of thioether (sulfide) groups is 1. The normalized spacial score (nSPS) is 10.3. The van der Waals surface area contributed by atoms with Crippen molar-refractivity contribution >= 4 is 35.0 Å². The lowest BCUT2D eigenvalue weighted by Gasteiger charge is -2.10. The highest BCUT2D eigenvalue weighted by Crippen LogP contribution is 2.24. The summed E-state index contributed by atoms with van der Waals surface area (Å²) in [6, 6.07) is 14.8. The number of aromatic nitrogens is 2. The first kappa shape index (κ1) is 18.1. The number of nitrogens with zero attached hydrogens (tertiary/aromatic N) is 3. The van der Waals surface area contributed by atoms with E-state index in [1.54, 1.807) is 24.4 Å². The van der Waals surface area contributed by atoms with Crippen LogP contribution in [0.2, 0.25) is 5.02 Å². The molecule has 0 unspecified atom stereocenters. The van der Waals surface area contributed by atoms with E-state index in [0.717, 1.165) is 16.4 Å². The molecule has 0 saturated carbocycles. The molecular formula is C19H15ClN4OS. The first-order chi connectivity index (χ1) is 12.6. The van der Waals surface area contributed by atoms with Crippen molar-refractivity contribution in [3.05, 3.63) is 71.0 Å². The smallest absolute Gasteiger partial charge is 0.234 e. The van der Waals surface area contributed by atoms with E-state index in [2.05, 4.69) is 10.3 Å². The lowest BCUT2D eigenvalue weighted by Crippen LogP contribution is -2.14. The Labute approximate surface area is 160 Å². The molecule has 0 aliphatic carbocycles. The standard InChI is InChI=1S/C19H15ClN4OS/c1-13-4-2-3-5-17(13)24-9-8-22-19(24)26-12-18(25)23-15-7-6-14(11-21)16(20)10-15/h2-10H,12H2,1H3,(H,23,25). The summed E-state index contributed by atoms with van der Waals surface area (Å²) in [5.74, 6) is 0.0376. The quantitative estimate of drug-likeness (QED) is 0.662. The van der Waals surface area contributed by atoms with Gasteiger partial charge < -0.3 is 5.32 Å². The van der Waals surface area contributed by atoms with Crippen LogP contribution in [0.4, 0.5) is 5.69 Å². The van der Waals surface area contributed by atoms with E-state index in [1.807, 2.05) is 48.0 Å². The average Bonchev–Trinajstić information content (AvgIpc) is 3.09. The van der Waals surface area contributed by atoms with E-state index in [1.165, 1.54) is 11.8 Å². The predicted molar refractivity (Wildman–Crippen MR) is 104 cm³/mol. The van der Waals surface area contributed by atoms with E-state index in [4.69, 9.17) is 16.9 Å². The molecule has 26 heavy (non-hydrogen) atoms. The van der Waals surface area contributed by atoms with Crippen molar-refractivity contribution in [1.82, 2.24) is 9.55 Å². The highest BCUT2D eigenvalue weighted by Gasteiger charge is 2.11. The zero-order valence-electron chi connectivity index (χ0n) is 13.9. The van der Waals surface area contributed by atoms with Crippen LogP contribution in [0.1, 0.15) is 11.1 Å². The SMILES string of the molecule is Cc1ccccc1-n1ccnc1SCC(=O)Nc1ccc(C#N)c(Cl)c1. The molecular weight excluding hydrogens is 368 g/mol. The predicted octanol–water partition coefficient (Wildman–Crippen LogP) is 4.44. The van der Waals surface area contributed by atoms with Crippen molar-refractivity contribution in [1.29, 1.82) is 5.26 Å². The van der Waals surface area contributed by atoms with Gasteiger partial charge in [-0.3, -0.25) is 9.36 Å². The lowest BCUT2D eigenvalue weighted by molar-refractivity contribution is -0.113. The van der Waals surface area contributed by atoms with Crippen LogP contribution in [0.5, 0.6) is 0 Å². The zero-order chi connectivity index (χ0) is 18.5. The zero-order valence-corrected chi connectivity index (χ0v) is 15.5. The number of para-hydroxylation sites is 1. The van der Waals surface area contributed by atoms with Crippen molar-refractivity contribution in [2.75, 3.05) is 11.1 Å². The number of hydrogen-bond donors (Lipinski definition) is 1. The Morgan fingerprint density at radius 1 is 1.35 bits per heavy atom. The summed E-state index contributed by atoms with van der Waals surface area (Å²) in [7, 11) is 0. The van der Waals surface area contributed by atoms with Gasteiger partial charge in [0, 0.05) is 18.1 Å². The van der Waals surface area contributed by atoms with Gasteiger partial charge in [-0.25, -0.2) is 4.98 Å². The summed E-state index contributed by atoms with van der Waals surface area (Å²) in [6.45, 7) is 2.03. The molecule has 3 aromatic rings. The summed E-state index contributed by atoms with van der Waals surface area (Å²) in [4.78, 5) is 16.5. The van der Waals surface area contributed by atoms with E-state index in [-0.39, 0.29) is 11.7 Å². The molecule has 0 spiro atoms. The minimum absolute atomic E-state index is 0.171. The molecule has 0 fully saturated rings. The van der Waals surface area contributed by atoms with E-state index in [0.29, 0.717) is 16.3 Å². The minimum atomic E-state index is -0.171. The Hall–Kier alpha value is -2.75. The Morgan fingerprint density at radius 3 is 2.88 bits per heavy atom. The summed E-state index contributed by atoms with van der Waals surface area (Å²) >= 11 is 7.33. The number of carbonyl (C=O) groups is 1. The summed E-state index contributed by atoms with van der Waals surface area (Å²) in [5.41, 5.74) is 3.09. The number of rotatable bonds is 5. The largest absolute Gasteiger partial charge is 0.325 e. The van der Waals surface area contributed by atoms with Gasteiger partial charge in [-0.2, -0.15) is 5.26 Å². The number of nitrogens with one attached hydrogen (secondary N) is 1. The maximum atomic E-state index is 12.2. The second-order valence-corrected chi connectivity index (χ2v) is 6.86. The van der Waals surface area contributed by atoms with Crippen LogP contribution in [0.15, 0.2) is 60.0 Å². The third-order valence-corrected chi connectivity index (χ3v) is 4.97. The van der Waals surface area contributed by atoms with Crippen LogP contribution in [0.3, 0.4) is 0 Å². The lowest BCUT2D eigenvalue weighted by atomic mass is 10.2. The maximum absolute atomic E-state index is 12.2. The van der Waals surface area contributed by atoms with Crippen molar-refractivity contribution in [3.63, 3.8) is 0 Å². The third-order valence-electron chi connectivity index (χ3n) is 3.69. The van der Waals surface area contributed by atoms with Crippen molar-refractivity contribution < 1.29 is 4.79 Å².